The fourth-order valence-electron chi connectivity index (χ4n) is 3.09. The molecule has 0 aromatic carbocycles. The molecule has 6 nitrogen and oxygen atoms in total. The van der Waals surface area contributed by atoms with E-state index in [0.717, 1.165) is 25.7 Å². The summed E-state index contributed by atoms with van der Waals surface area (Å²) in [6.45, 7) is 3.18. The van der Waals surface area contributed by atoms with E-state index in [-0.39, 0.29) is 0 Å². The van der Waals surface area contributed by atoms with Gasteiger partial charge in [-0.15, -0.1) is 0 Å². The normalized spacial score (nSPS) is 28.1. The number of nitrogens with two attached hydrogens (primary N) is 1. The van der Waals surface area contributed by atoms with Crippen molar-refractivity contribution in [2.75, 3.05) is 46.8 Å². The number of nitrogens with zero attached hydrogens (tertiary/aromatic N) is 3. The Hall–Kier alpha value is -0.210. The van der Waals surface area contributed by atoms with Crippen LogP contribution in [-0.4, -0.2) is 74.8 Å². The van der Waals surface area contributed by atoms with E-state index < -0.39 is 10.2 Å². The molecule has 0 saturated carbocycles. The standard InChI is InChI=1S/C13H28N4O2S/c1-15(2)13-4-3-7-17(11-13)20(18,19)16-8-5-12(10-14)6-9-16/h12-13H,3-11,14H2,1-2H3. The third-order valence-corrected chi connectivity index (χ3v) is 6.65. The second-order valence-electron chi connectivity index (χ2n) is 6.20. The minimum atomic E-state index is -3.28. The summed E-state index contributed by atoms with van der Waals surface area (Å²) in [6, 6.07) is 0.333. The minimum absolute atomic E-state index is 0.333. The minimum Gasteiger partial charge on any atom is -0.330 e. The van der Waals surface area contributed by atoms with Gasteiger partial charge < -0.3 is 10.6 Å². The molecule has 0 radical (unpaired) electrons. The molecule has 0 amide bonds. The molecule has 2 saturated heterocycles. The molecule has 0 aromatic heterocycles. The third-order valence-electron chi connectivity index (χ3n) is 4.65. The van der Waals surface area contributed by atoms with Crippen LogP contribution in [0.2, 0.25) is 0 Å². The van der Waals surface area contributed by atoms with E-state index in [1.165, 1.54) is 0 Å². The first kappa shape index (κ1) is 16.2. The van der Waals surface area contributed by atoms with E-state index >= 15 is 0 Å². The van der Waals surface area contributed by atoms with Crippen LogP contribution in [0.5, 0.6) is 0 Å². The molecule has 0 bridgehead atoms. The average molecular weight is 304 g/mol. The lowest BCUT2D eigenvalue weighted by Gasteiger charge is -2.39. The zero-order chi connectivity index (χ0) is 14.8. The summed E-state index contributed by atoms with van der Waals surface area (Å²) in [6.07, 6.45) is 3.80. The van der Waals surface area contributed by atoms with Gasteiger partial charge in [0, 0.05) is 32.2 Å². The van der Waals surface area contributed by atoms with Crippen LogP contribution in [0.4, 0.5) is 0 Å². The Morgan fingerprint density at radius 1 is 1.10 bits per heavy atom. The lowest BCUT2D eigenvalue weighted by atomic mass is 9.99. The van der Waals surface area contributed by atoms with Gasteiger partial charge in [-0.05, 0) is 52.2 Å². The molecule has 2 rings (SSSR count). The molecule has 2 aliphatic heterocycles. The predicted octanol–water partition coefficient (Wildman–Crippen LogP) is -0.0721. The average Bonchev–Trinajstić information content (AvgIpc) is 2.47. The Balaban J connectivity index is 1.99. The van der Waals surface area contributed by atoms with Crippen LogP contribution in [0.15, 0.2) is 0 Å². The van der Waals surface area contributed by atoms with Crippen molar-refractivity contribution < 1.29 is 8.42 Å². The summed E-state index contributed by atoms with van der Waals surface area (Å²) >= 11 is 0. The van der Waals surface area contributed by atoms with Crippen molar-refractivity contribution in [1.29, 1.82) is 0 Å². The van der Waals surface area contributed by atoms with Gasteiger partial charge in [-0.3, -0.25) is 0 Å². The molecule has 118 valence electrons. The van der Waals surface area contributed by atoms with Gasteiger partial charge in [-0.1, -0.05) is 0 Å². The highest BCUT2D eigenvalue weighted by atomic mass is 32.2. The Morgan fingerprint density at radius 3 is 2.30 bits per heavy atom. The molecule has 2 heterocycles. The van der Waals surface area contributed by atoms with Crippen molar-refractivity contribution in [1.82, 2.24) is 13.5 Å². The zero-order valence-corrected chi connectivity index (χ0v) is 13.5. The zero-order valence-electron chi connectivity index (χ0n) is 12.7. The molecular weight excluding hydrogens is 276 g/mol. The highest BCUT2D eigenvalue weighted by Gasteiger charge is 2.35. The monoisotopic (exact) mass is 304 g/mol. The van der Waals surface area contributed by atoms with Crippen LogP contribution in [0.3, 0.4) is 0 Å². The summed E-state index contributed by atoms with van der Waals surface area (Å²) < 4.78 is 28.7. The van der Waals surface area contributed by atoms with E-state index in [4.69, 9.17) is 5.73 Å². The molecule has 0 aliphatic carbocycles. The van der Waals surface area contributed by atoms with Crippen molar-refractivity contribution >= 4 is 10.2 Å². The molecule has 0 spiro atoms. The van der Waals surface area contributed by atoms with Crippen molar-refractivity contribution in [3.8, 4) is 0 Å². The Labute approximate surface area is 123 Å². The maximum Gasteiger partial charge on any atom is 0.282 e. The van der Waals surface area contributed by atoms with Crippen molar-refractivity contribution in [3.05, 3.63) is 0 Å². The summed E-state index contributed by atoms with van der Waals surface area (Å²) in [5.74, 6) is 0.484. The summed E-state index contributed by atoms with van der Waals surface area (Å²) in [5.41, 5.74) is 5.67. The summed E-state index contributed by atoms with van der Waals surface area (Å²) in [7, 11) is 0.759. The van der Waals surface area contributed by atoms with Gasteiger partial charge in [0.05, 0.1) is 0 Å². The van der Waals surface area contributed by atoms with Crippen LogP contribution < -0.4 is 5.73 Å². The number of rotatable bonds is 4. The smallest absolute Gasteiger partial charge is 0.282 e. The quantitative estimate of drug-likeness (QED) is 0.789. The van der Waals surface area contributed by atoms with E-state index in [1.54, 1.807) is 8.61 Å². The first-order valence-corrected chi connectivity index (χ1v) is 8.96. The van der Waals surface area contributed by atoms with Crippen molar-refractivity contribution in [3.63, 3.8) is 0 Å². The Bertz CT molecular complexity index is 405. The molecule has 2 N–H and O–H groups in total. The largest absolute Gasteiger partial charge is 0.330 e. The molecule has 20 heavy (non-hydrogen) atoms. The Kier molecular flexibility index (Phi) is 5.42. The molecule has 2 fully saturated rings. The van der Waals surface area contributed by atoms with Gasteiger partial charge in [0.1, 0.15) is 0 Å². The molecule has 1 atom stereocenters. The van der Waals surface area contributed by atoms with Crippen LogP contribution in [0.25, 0.3) is 0 Å². The molecular formula is C13H28N4O2S. The number of likely N-dealkylation sites (N-methyl/N-ethyl adjacent to an activating group) is 1. The highest BCUT2D eigenvalue weighted by molar-refractivity contribution is 7.86. The van der Waals surface area contributed by atoms with Gasteiger partial charge in [-0.25, -0.2) is 0 Å². The second kappa shape index (κ2) is 6.70. The van der Waals surface area contributed by atoms with E-state index in [1.807, 2.05) is 14.1 Å². The molecule has 2 aliphatic rings. The van der Waals surface area contributed by atoms with Gasteiger partial charge >= 0.3 is 0 Å². The highest BCUT2D eigenvalue weighted by Crippen LogP contribution is 2.23. The van der Waals surface area contributed by atoms with Crippen molar-refractivity contribution in [2.24, 2.45) is 11.7 Å². The van der Waals surface area contributed by atoms with Gasteiger partial charge in [0.2, 0.25) is 0 Å². The van der Waals surface area contributed by atoms with Crippen LogP contribution in [-0.2, 0) is 10.2 Å². The predicted molar refractivity (Wildman–Crippen MR) is 80.6 cm³/mol. The Morgan fingerprint density at radius 2 is 1.75 bits per heavy atom. The summed E-state index contributed by atoms with van der Waals surface area (Å²) in [5, 5.41) is 0. The van der Waals surface area contributed by atoms with Crippen LogP contribution in [0, 0.1) is 5.92 Å². The van der Waals surface area contributed by atoms with Crippen LogP contribution in [0.1, 0.15) is 25.7 Å². The fraction of sp³-hybridized carbons (Fsp3) is 1.00. The van der Waals surface area contributed by atoms with Gasteiger partial charge in [0.25, 0.3) is 10.2 Å². The number of hydrogen-bond acceptors (Lipinski definition) is 4. The van der Waals surface area contributed by atoms with Gasteiger partial charge in [-0.2, -0.15) is 17.0 Å². The SMILES string of the molecule is CN(C)C1CCCN(S(=O)(=O)N2CCC(CN)CC2)C1. The van der Waals surface area contributed by atoms with E-state index in [9.17, 15) is 8.42 Å². The van der Waals surface area contributed by atoms with Gasteiger partial charge in [0.15, 0.2) is 0 Å². The van der Waals surface area contributed by atoms with E-state index in [2.05, 4.69) is 4.90 Å². The molecule has 1 unspecified atom stereocenters. The third kappa shape index (κ3) is 3.51. The lowest BCUT2D eigenvalue weighted by molar-refractivity contribution is 0.177. The number of piperidine rings is 2. The maximum absolute atomic E-state index is 12.7. The first-order chi connectivity index (χ1) is 9.45. The van der Waals surface area contributed by atoms with E-state index in [0.29, 0.717) is 44.7 Å². The van der Waals surface area contributed by atoms with Crippen LogP contribution >= 0.6 is 0 Å². The first-order valence-electron chi connectivity index (χ1n) is 7.57. The van der Waals surface area contributed by atoms with Crippen molar-refractivity contribution in [2.45, 2.75) is 31.7 Å². The number of hydrogen-bond donors (Lipinski definition) is 1. The maximum atomic E-state index is 12.7. The molecule has 0 aromatic rings. The summed E-state index contributed by atoms with van der Waals surface area (Å²) in [4.78, 5) is 2.13. The second-order valence-corrected chi connectivity index (χ2v) is 8.13. The molecule has 7 heteroatoms. The topological polar surface area (TPSA) is 69.9 Å². The fourth-order valence-corrected chi connectivity index (χ4v) is 4.81. The lowest BCUT2D eigenvalue weighted by Crippen LogP contribution is -2.53.